The quantitative estimate of drug-likeness (QED) is 0.257. The zero-order valence-electron chi connectivity index (χ0n) is 19.5. The number of halogens is 3. The lowest BCUT2D eigenvalue weighted by molar-refractivity contribution is -0.141. The lowest BCUT2D eigenvalue weighted by atomic mass is 9.84. The number of nitrogens with one attached hydrogen (secondary N) is 2. The van der Waals surface area contributed by atoms with Crippen molar-refractivity contribution in [1.29, 1.82) is 0 Å². The zero-order chi connectivity index (χ0) is 26.1. The molecule has 3 rings (SSSR count). The average molecular weight is 486 g/mol. The minimum Gasteiger partial charge on any atom is -0.506 e. The molecule has 0 aliphatic carbocycles. The minimum absolute atomic E-state index is 0.0834. The molecule has 35 heavy (non-hydrogen) atoms. The van der Waals surface area contributed by atoms with Crippen LogP contribution in [0.3, 0.4) is 0 Å². The number of anilines is 2. The summed E-state index contributed by atoms with van der Waals surface area (Å²) in [6.45, 7) is 4.25. The number of hydrogen-bond donors (Lipinski definition) is 4. The maximum Gasteiger partial charge on any atom is 0.399 e. The predicted molar refractivity (Wildman–Crippen MR) is 128 cm³/mol. The van der Waals surface area contributed by atoms with Gasteiger partial charge in [0.15, 0.2) is 5.78 Å². The van der Waals surface area contributed by atoms with Crippen LogP contribution in [0.4, 0.5) is 24.5 Å². The first kappa shape index (κ1) is 25.6. The van der Waals surface area contributed by atoms with Gasteiger partial charge in [0, 0.05) is 18.2 Å². The maximum atomic E-state index is 14.4. The van der Waals surface area contributed by atoms with Crippen LogP contribution in [0.1, 0.15) is 55.8 Å². The Balaban J connectivity index is 2.10. The molecule has 0 spiro atoms. The van der Waals surface area contributed by atoms with E-state index in [1.165, 1.54) is 64.2 Å². The van der Waals surface area contributed by atoms with Crippen molar-refractivity contribution in [3.8, 4) is 11.5 Å². The van der Waals surface area contributed by atoms with E-state index in [1.807, 2.05) is 0 Å². The molecule has 6 nitrogen and oxygen atoms in total. The highest BCUT2D eigenvalue weighted by Crippen LogP contribution is 2.46. The summed E-state index contributed by atoms with van der Waals surface area (Å²) >= 11 is 0. The highest BCUT2D eigenvalue weighted by Gasteiger charge is 2.44. The number of amides is 1. The van der Waals surface area contributed by atoms with Gasteiger partial charge in [-0.1, -0.05) is 12.1 Å². The molecule has 0 fully saturated rings. The van der Waals surface area contributed by atoms with Crippen LogP contribution < -0.4 is 10.6 Å². The predicted octanol–water partition coefficient (Wildman–Crippen LogP) is 5.91. The molecule has 184 valence electrons. The van der Waals surface area contributed by atoms with Gasteiger partial charge in [0.2, 0.25) is 0 Å². The van der Waals surface area contributed by atoms with E-state index in [9.17, 15) is 33.0 Å². The number of phenolic OH excluding ortho intramolecular Hbond substituents is 2. The Morgan fingerprint density at radius 2 is 1.37 bits per heavy atom. The topological polar surface area (TPSA) is 98.7 Å². The molecule has 0 radical (unpaired) electrons. The molecule has 0 saturated heterocycles. The SMILES string of the molecule is CNc1cc(C(c2cc(NC(=O)c3cccc(C(C)=O)c3)c(O)cc2C)C(F)(F)F)c(C)cc1O. The number of aryl methyl sites for hydroxylation is 2. The number of alkyl halides is 3. The summed E-state index contributed by atoms with van der Waals surface area (Å²) in [7, 11) is 1.48. The van der Waals surface area contributed by atoms with Crippen LogP contribution in [0.5, 0.6) is 11.5 Å². The van der Waals surface area contributed by atoms with E-state index in [4.69, 9.17) is 0 Å². The van der Waals surface area contributed by atoms with Crippen LogP contribution in [-0.4, -0.2) is 35.1 Å². The highest BCUT2D eigenvalue weighted by atomic mass is 19.4. The highest BCUT2D eigenvalue weighted by molar-refractivity contribution is 6.06. The molecule has 0 aromatic heterocycles. The molecular weight excluding hydrogens is 461 g/mol. The molecule has 0 bridgehead atoms. The van der Waals surface area contributed by atoms with Gasteiger partial charge < -0.3 is 20.8 Å². The van der Waals surface area contributed by atoms with Gasteiger partial charge in [0.1, 0.15) is 17.4 Å². The molecule has 0 saturated carbocycles. The van der Waals surface area contributed by atoms with Crippen molar-refractivity contribution in [2.45, 2.75) is 32.9 Å². The standard InChI is InChI=1S/C26H25F3N2O4/c1-13-8-22(33)20(30-4)11-18(13)24(26(27,28)29)19-12-21(23(34)9-14(19)2)31-25(35)17-7-5-6-16(10-17)15(3)32/h5-12,24,30,33-34H,1-4H3,(H,31,35). The van der Waals surface area contributed by atoms with E-state index in [1.54, 1.807) is 0 Å². The van der Waals surface area contributed by atoms with E-state index in [0.717, 1.165) is 12.1 Å². The molecule has 3 aromatic carbocycles. The van der Waals surface area contributed by atoms with E-state index >= 15 is 0 Å². The van der Waals surface area contributed by atoms with Gasteiger partial charge in [0.05, 0.1) is 11.4 Å². The first-order chi connectivity index (χ1) is 16.3. The summed E-state index contributed by atoms with van der Waals surface area (Å²) in [4.78, 5) is 24.4. The number of benzene rings is 3. The molecule has 0 aliphatic rings. The van der Waals surface area contributed by atoms with Gasteiger partial charge in [-0.2, -0.15) is 13.2 Å². The molecule has 0 aliphatic heterocycles. The molecule has 1 amide bonds. The Bertz CT molecular complexity index is 1300. The Labute approximate surface area is 200 Å². The van der Waals surface area contributed by atoms with Crippen molar-refractivity contribution in [3.05, 3.63) is 81.9 Å². The summed E-state index contributed by atoms with van der Waals surface area (Å²) in [5, 5.41) is 25.5. The molecule has 4 N–H and O–H groups in total. The molecule has 3 aromatic rings. The van der Waals surface area contributed by atoms with Crippen molar-refractivity contribution in [3.63, 3.8) is 0 Å². The first-order valence-electron chi connectivity index (χ1n) is 10.7. The number of aromatic hydroxyl groups is 2. The molecule has 9 heteroatoms. The van der Waals surface area contributed by atoms with Crippen LogP contribution in [0.2, 0.25) is 0 Å². The van der Waals surface area contributed by atoms with Crippen LogP contribution in [0, 0.1) is 13.8 Å². The van der Waals surface area contributed by atoms with E-state index < -0.39 is 23.8 Å². The van der Waals surface area contributed by atoms with Gasteiger partial charge in [-0.3, -0.25) is 9.59 Å². The summed E-state index contributed by atoms with van der Waals surface area (Å²) in [5.74, 6) is -3.62. The van der Waals surface area contributed by atoms with Crippen molar-refractivity contribution in [1.82, 2.24) is 0 Å². The lowest BCUT2D eigenvalue weighted by Crippen LogP contribution is -2.24. The fraction of sp³-hybridized carbons (Fsp3) is 0.231. The van der Waals surface area contributed by atoms with Crippen LogP contribution in [0.25, 0.3) is 0 Å². The summed E-state index contributed by atoms with van der Waals surface area (Å²) < 4.78 is 43.2. The van der Waals surface area contributed by atoms with Gasteiger partial charge in [-0.05, 0) is 79.4 Å². The third-order valence-electron chi connectivity index (χ3n) is 5.77. The fourth-order valence-corrected chi connectivity index (χ4v) is 3.94. The average Bonchev–Trinajstić information content (AvgIpc) is 2.77. The molecule has 1 unspecified atom stereocenters. The van der Waals surface area contributed by atoms with Gasteiger partial charge >= 0.3 is 6.18 Å². The number of phenols is 2. The summed E-state index contributed by atoms with van der Waals surface area (Å²) in [6, 6.07) is 10.6. The lowest BCUT2D eigenvalue weighted by Gasteiger charge is -2.26. The second-order valence-electron chi connectivity index (χ2n) is 8.27. The Kier molecular flexibility index (Phi) is 7.09. The van der Waals surface area contributed by atoms with Crippen molar-refractivity contribution in [2.75, 3.05) is 17.7 Å². The Morgan fingerprint density at radius 3 is 1.89 bits per heavy atom. The Morgan fingerprint density at radius 1 is 0.857 bits per heavy atom. The second kappa shape index (κ2) is 9.69. The molecule has 0 heterocycles. The van der Waals surface area contributed by atoms with E-state index in [-0.39, 0.29) is 50.7 Å². The minimum atomic E-state index is -4.72. The van der Waals surface area contributed by atoms with Crippen molar-refractivity contribution >= 4 is 23.1 Å². The maximum absolute atomic E-state index is 14.4. The molecule has 1 atom stereocenters. The van der Waals surface area contributed by atoms with Crippen LogP contribution >= 0.6 is 0 Å². The largest absolute Gasteiger partial charge is 0.506 e. The van der Waals surface area contributed by atoms with Gasteiger partial charge in [-0.25, -0.2) is 0 Å². The van der Waals surface area contributed by atoms with Crippen molar-refractivity contribution < 1.29 is 33.0 Å². The number of hydrogen-bond acceptors (Lipinski definition) is 5. The van der Waals surface area contributed by atoms with Gasteiger partial charge in [-0.15, -0.1) is 0 Å². The normalized spacial score (nSPS) is 12.2. The third kappa shape index (κ3) is 5.40. The molecular formula is C26H25F3N2O4. The van der Waals surface area contributed by atoms with Crippen molar-refractivity contribution in [2.24, 2.45) is 0 Å². The second-order valence-corrected chi connectivity index (χ2v) is 8.27. The number of ketones is 1. The zero-order valence-corrected chi connectivity index (χ0v) is 19.5. The Hall–Kier alpha value is -4.01. The monoisotopic (exact) mass is 486 g/mol. The summed E-state index contributed by atoms with van der Waals surface area (Å²) in [5.41, 5.74) is 0.478. The summed E-state index contributed by atoms with van der Waals surface area (Å²) in [6.07, 6.45) is -4.72. The number of carbonyl (C=O) groups excluding carboxylic acids is 2. The third-order valence-corrected chi connectivity index (χ3v) is 5.77. The number of carbonyl (C=O) groups is 2. The van der Waals surface area contributed by atoms with Gasteiger partial charge in [0.25, 0.3) is 5.91 Å². The number of rotatable bonds is 6. The van der Waals surface area contributed by atoms with Crippen LogP contribution in [0.15, 0.2) is 48.5 Å². The number of Topliss-reactive ketones (excluding diaryl/α,β-unsaturated/α-hetero) is 1. The fourth-order valence-electron chi connectivity index (χ4n) is 3.94. The first-order valence-corrected chi connectivity index (χ1v) is 10.7. The van der Waals surface area contributed by atoms with Crippen LogP contribution in [-0.2, 0) is 0 Å². The van der Waals surface area contributed by atoms with E-state index in [2.05, 4.69) is 10.6 Å². The van der Waals surface area contributed by atoms with E-state index in [0.29, 0.717) is 5.56 Å². The smallest absolute Gasteiger partial charge is 0.399 e.